The van der Waals surface area contributed by atoms with E-state index < -0.39 is 21.8 Å². The Morgan fingerprint density at radius 2 is 2.07 bits per heavy atom. The Balaban J connectivity index is 3.02. The number of carbonyl (C=O) groups excluding carboxylic acids is 1. The molecule has 0 saturated heterocycles. The first kappa shape index (κ1) is 11.3. The number of hydrogen-bond acceptors (Lipinski definition) is 6. The van der Waals surface area contributed by atoms with E-state index in [9.17, 15) is 18.3 Å². The molecule has 0 aliphatic rings. The zero-order chi connectivity index (χ0) is 11.6. The monoisotopic (exact) mass is 231 g/mol. The maximum atomic E-state index is 11.2. The summed E-state index contributed by atoms with van der Waals surface area (Å²) in [5, 5.41) is 9.28. The van der Waals surface area contributed by atoms with Crippen LogP contribution in [0.3, 0.4) is 0 Å². The van der Waals surface area contributed by atoms with Crippen LogP contribution in [-0.4, -0.2) is 25.7 Å². The third-order valence-electron chi connectivity index (χ3n) is 1.47. The maximum Gasteiger partial charge on any atom is 0.357 e. The van der Waals surface area contributed by atoms with Gasteiger partial charge in [0.15, 0.2) is 0 Å². The fourth-order valence-electron chi connectivity index (χ4n) is 0.904. The van der Waals surface area contributed by atoms with Crippen LogP contribution in [-0.2, 0) is 14.3 Å². The molecule has 0 atom stereocenters. The topological polar surface area (TPSA) is 107 Å². The van der Waals surface area contributed by atoms with E-state index in [1.54, 1.807) is 0 Å². The number of phenolic OH excluding ortho intramolecular Hbond substituents is 1. The number of carbonyl (C=O) groups is 1. The van der Waals surface area contributed by atoms with Gasteiger partial charge in [-0.05, 0) is 12.1 Å². The largest absolute Gasteiger partial charge is 0.507 e. The van der Waals surface area contributed by atoms with Crippen molar-refractivity contribution in [3.63, 3.8) is 0 Å². The van der Waals surface area contributed by atoms with Crippen molar-refractivity contribution in [1.82, 2.24) is 0 Å². The molecule has 0 bridgehead atoms. The SMILES string of the molecule is CS(=O)(=O)OC(=O)c1ccc(N)cc1O. The van der Waals surface area contributed by atoms with Crippen LogP contribution < -0.4 is 5.73 Å². The van der Waals surface area contributed by atoms with Gasteiger partial charge in [0.25, 0.3) is 0 Å². The molecule has 1 aromatic carbocycles. The number of nitrogen functional groups attached to an aromatic ring is 1. The zero-order valence-electron chi connectivity index (χ0n) is 7.80. The summed E-state index contributed by atoms with van der Waals surface area (Å²) in [6.45, 7) is 0. The third-order valence-corrected chi connectivity index (χ3v) is 1.92. The lowest BCUT2D eigenvalue weighted by atomic mass is 10.2. The van der Waals surface area contributed by atoms with E-state index in [2.05, 4.69) is 4.18 Å². The van der Waals surface area contributed by atoms with Crippen LogP contribution in [0.2, 0.25) is 0 Å². The second-order valence-electron chi connectivity index (χ2n) is 2.85. The summed E-state index contributed by atoms with van der Waals surface area (Å²) in [4.78, 5) is 11.2. The summed E-state index contributed by atoms with van der Waals surface area (Å²) >= 11 is 0. The molecule has 1 aromatic rings. The molecule has 0 aliphatic heterocycles. The third kappa shape index (κ3) is 3.13. The quantitative estimate of drug-likeness (QED) is 0.551. The van der Waals surface area contributed by atoms with Gasteiger partial charge in [0.05, 0.1) is 6.26 Å². The standard InChI is InChI=1S/C8H9NO5S/c1-15(12,13)14-8(11)6-3-2-5(9)4-7(6)10/h2-4,10H,9H2,1H3. The van der Waals surface area contributed by atoms with Crippen LogP contribution >= 0.6 is 0 Å². The molecular weight excluding hydrogens is 222 g/mol. The van der Waals surface area contributed by atoms with Gasteiger partial charge in [0.1, 0.15) is 11.3 Å². The molecule has 7 heteroatoms. The van der Waals surface area contributed by atoms with Crippen molar-refractivity contribution in [1.29, 1.82) is 0 Å². The number of nitrogens with two attached hydrogens (primary N) is 1. The van der Waals surface area contributed by atoms with E-state index in [4.69, 9.17) is 5.73 Å². The van der Waals surface area contributed by atoms with Crippen molar-refractivity contribution in [3.05, 3.63) is 23.8 Å². The number of hydrogen-bond donors (Lipinski definition) is 2. The van der Waals surface area contributed by atoms with E-state index in [0.29, 0.717) is 0 Å². The minimum atomic E-state index is -3.89. The smallest absolute Gasteiger partial charge is 0.357 e. The maximum absolute atomic E-state index is 11.2. The average Bonchev–Trinajstić information content (AvgIpc) is 1.99. The molecule has 15 heavy (non-hydrogen) atoms. The molecule has 0 heterocycles. The van der Waals surface area contributed by atoms with Gasteiger partial charge in [0.2, 0.25) is 0 Å². The first-order valence-electron chi connectivity index (χ1n) is 3.82. The molecule has 82 valence electrons. The highest BCUT2D eigenvalue weighted by Crippen LogP contribution is 2.21. The number of aromatic hydroxyl groups is 1. The van der Waals surface area contributed by atoms with Crippen molar-refractivity contribution in [2.24, 2.45) is 0 Å². The Labute approximate surface area is 86.4 Å². The van der Waals surface area contributed by atoms with Crippen LogP contribution in [0.4, 0.5) is 5.69 Å². The van der Waals surface area contributed by atoms with Crippen molar-refractivity contribution in [2.45, 2.75) is 0 Å². The van der Waals surface area contributed by atoms with Crippen LogP contribution in [0.5, 0.6) is 5.75 Å². The molecule has 0 radical (unpaired) electrons. The number of phenols is 1. The van der Waals surface area contributed by atoms with Crippen molar-refractivity contribution in [2.75, 3.05) is 12.0 Å². The summed E-state index contributed by atoms with van der Waals surface area (Å²) in [5.41, 5.74) is 5.32. The molecule has 3 N–H and O–H groups in total. The summed E-state index contributed by atoms with van der Waals surface area (Å²) in [6.07, 6.45) is 0.735. The zero-order valence-corrected chi connectivity index (χ0v) is 8.61. The first-order valence-corrected chi connectivity index (χ1v) is 5.63. The molecule has 6 nitrogen and oxygen atoms in total. The Morgan fingerprint density at radius 1 is 1.47 bits per heavy atom. The number of anilines is 1. The van der Waals surface area contributed by atoms with Crippen molar-refractivity contribution < 1.29 is 22.5 Å². The molecular formula is C8H9NO5S. The van der Waals surface area contributed by atoms with Crippen molar-refractivity contribution >= 4 is 21.8 Å². The molecule has 0 amide bonds. The summed E-state index contributed by atoms with van der Waals surface area (Å²) in [7, 11) is -3.89. The molecule has 0 unspecified atom stereocenters. The van der Waals surface area contributed by atoms with Crippen LogP contribution in [0.15, 0.2) is 18.2 Å². The molecule has 0 spiro atoms. The van der Waals surface area contributed by atoms with E-state index >= 15 is 0 Å². The van der Waals surface area contributed by atoms with Gasteiger partial charge in [-0.1, -0.05) is 0 Å². The van der Waals surface area contributed by atoms with Crippen LogP contribution in [0.25, 0.3) is 0 Å². The van der Waals surface area contributed by atoms with E-state index in [1.165, 1.54) is 12.1 Å². The first-order chi connectivity index (χ1) is 6.79. The molecule has 0 saturated carbocycles. The number of rotatable bonds is 2. The predicted molar refractivity (Wildman–Crippen MR) is 52.8 cm³/mol. The highest BCUT2D eigenvalue weighted by Gasteiger charge is 2.17. The minimum Gasteiger partial charge on any atom is -0.507 e. The van der Waals surface area contributed by atoms with Gasteiger partial charge >= 0.3 is 16.1 Å². The minimum absolute atomic E-state index is 0.253. The van der Waals surface area contributed by atoms with Crippen LogP contribution in [0, 0.1) is 0 Å². The molecule has 0 fully saturated rings. The van der Waals surface area contributed by atoms with Gasteiger partial charge in [-0.2, -0.15) is 8.42 Å². The van der Waals surface area contributed by atoms with Gasteiger partial charge < -0.3 is 15.0 Å². The summed E-state index contributed by atoms with van der Waals surface area (Å²) in [5.74, 6) is -1.57. The Kier molecular flexibility index (Phi) is 2.85. The van der Waals surface area contributed by atoms with Crippen molar-refractivity contribution in [3.8, 4) is 5.75 Å². The van der Waals surface area contributed by atoms with Gasteiger partial charge in [-0.3, -0.25) is 0 Å². The second kappa shape index (κ2) is 3.77. The normalized spacial score (nSPS) is 11.0. The fourth-order valence-corrected chi connectivity index (χ4v) is 1.27. The lowest BCUT2D eigenvalue weighted by molar-refractivity contribution is 0.0745. The Bertz CT molecular complexity index is 494. The molecule has 0 aromatic heterocycles. The summed E-state index contributed by atoms with van der Waals surface area (Å²) < 4.78 is 25.4. The van der Waals surface area contributed by atoms with E-state index in [-0.39, 0.29) is 11.3 Å². The second-order valence-corrected chi connectivity index (χ2v) is 4.43. The molecule has 1 rings (SSSR count). The molecule has 0 aliphatic carbocycles. The highest BCUT2D eigenvalue weighted by molar-refractivity contribution is 7.86. The highest BCUT2D eigenvalue weighted by atomic mass is 32.2. The van der Waals surface area contributed by atoms with Gasteiger partial charge in [-0.25, -0.2) is 4.79 Å². The van der Waals surface area contributed by atoms with E-state index in [0.717, 1.165) is 12.3 Å². The Hall–Kier alpha value is -1.76. The van der Waals surface area contributed by atoms with Gasteiger partial charge in [-0.15, -0.1) is 0 Å². The van der Waals surface area contributed by atoms with E-state index in [1.807, 2.05) is 0 Å². The predicted octanol–water partition coefficient (Wildman–Crippen LogP) is 0.0908. The Morgan fingerprint density at radius 3 is 2.53 bits per heavy atom. The fraction of sp³-hybridized carbons (Fsp3) is 0.125. The van der Waals surface area contributed by atoms with Gasteiger partial charge in [0, 0.05) is 11.8 Å². The summed E-state index contributed by atoms with van der Waals surface area (Å²) in [6, 6.07) is 3.65. The average molecular weight is 231 g/mol. The number of benzene rings is 1. The van der Waals surface area contributed by atoms with Crippen LogP contribution in [0.1, 0.15) is 10.4 Å². The lowest BCUT2D eigenvalue weighted by Gasteiger charge is -2.04. The lowest BCUT2D eigenvalue weighted by Crippen LogP contribution is -2.11.